The Morgan fingerprint density at radius 1 is 1.19 bits per heavy atom. The summed E-state index contributed by atoms with van der Waals surface area (Å²) in [5.74, 6) is 0. The van der Waals surface area contributed by atoms with Crippen molar-refractivity contribution in [2.24, 2.45) is 0 Å². The molecule has 0 heterocycles. The quantitative estimate of drug-likeness (QED) is 0.829. The zero-order chi connectivity index (χ0) is 12.5. The van der Waals surface area contributed by atoms with Crippen molar-refractivity contribution < 1.29 is 14.0 Å². The van der Waals surface area contributed by atoms with E-state index in [0.717, 1.165) is 22.3 Å². The van der Waals surface area contributed by atoms with E-state index in [0.29, 0.717) is 5.30 Å². The molecule has 0 aromatic heterocycles. The van der Waals surface area contributed by atoms with Gasteiger partial charge < -0.3 is 9.42 Å². The summed E-state index contributed by atoms with van der Waals surface area (Å²) < 4.78 is 17.1. The first kappa shape index (κ1) is 13.4. The first-order valence-corrected chi connectivity index (χ1v) is 6.94. The van der Waals surface area contributed by atoms with Crippen molar-refractivity contribution in [3.05, 3.63) is 28.3 Å². The molecule has 0 aliphatic carbocycles. The summed E-state index contributed by atoms with van der Waals surface area (Å²) in [4.78, 5) is 9.93. The second kappa shape index (κ2) is 4.70. The fourth-order valence-electron chi connectivity index (χ4n) is 1.86. The molecule has 3 nitrogen and oxygen atoms in total. The monoisotopic (exact) mass is 242 g/mol. The maximum Gasteiger partial charge on any atom is 0.359 e. The highest BCUT2D eigenvalue weighted by molar-refractivity contribution is 7.61. The zero-order valence-corrected chi connectivity index (χ0v) is 11.4. The van der Waals surface area contributed by atoms with Crippen molar-refractivity contribution in [3.63, 3.8) is 0 Å². The van der Waals surface area contributed by atoms with E-state index < -0.39 is 7.60 Å². The summed E-state index contributed by atoms with van der Waals surface area (Å²) in [6, 6.07) is 2.03. The number of rotatable bonds is 3. The molecule has 0 spiro atoms. The number of aryl methyl sites for hydroxylation is 2. The van der Waals surface area contributed by atoms with Crippen molar-refractivity contribution >= 4 is 12.9 Å². The average Bonchev–Trinajstić information content (AvgIpc) is 2.14. The zero-order valence-electron chi connectivity index (χ0n) is 10.5. The Kier molecular flexibility index (Phi) is 3.95. The molecule has 1 aromatic rings. The molecule has 1 atom stereocenters. The average molecular weight is 242 g/mol. The standard InChI is InChI=1S/C12H19O3P/c1-6-15-16(13,14)12-10(4)8(2)7-9(3)11(12)5/h7H,6H2,1-5H3,(H,13,14). The SMILES string of the molecule is CCOP(=O)(O)c1c(C)c(C)cc(C)c1C. The van der Waals surface area contributed by atoms with E-state index in [1.165, 1.54) is 0 Å². The maximum atomic E-state index is 12.1. The van der Waals surface area contributed by atoms with Crippen LogP contribution < -0.4 is 5.30 Å². The number of hydrogen-bond donors (Lipinski definition) is 1. The van der Waals surface area contributed by atoms with E-state index in [2.05, 4.69) is 0 Å². The van der Waals surface area contributed by atoms with Gasteiger partial charge in [-0.15, -0.1) is 0 Å². The summed E-state index contributed by atoms with van der Waals surface area (Å²) in [7, 11) is -3.67. The van der Waals surface area contributed by atoms with Crippen LogP contribution in [0.2, 0.25) is 0 Å². The molecule has 16 heavy (non-hydrogen) atoms. The van der Waals surface area contributed by atoms with E-state index in [4.69, 9.17) is 4.52 Å². The Hall–Kier alpha value is -0.630. The largest absolute Gasteiger partial charge is 0.359 e. The predicted molar refractivity (Wildman–Crippen MR) is 66.5 cm³/mol. The lowest BCUT2D eigenvalue weighted by atomic mass is 10.0. The second-order valence-corrected chi connectivity index (χ2v) is 5.79. The third-order valence-electron chi connectivity index (χ3n) is 2.91. The normalized spacial score (nSPS) is 14.9. The first-order valence-electron chi connectivity index (χ1n) is 5.36. The summed E-state index contributed by atoms with van der Waals surface area (Å²) in [6.45, 7) is 9.56. The van der Waals surface area contributed by atoms with Crippen LogP contribution in [-0.2, 0) is 9.09 Å². The molecule has 1 rings (SSSR count). The van der Waals surface area contributed by atoms with Gasteiger partial charge in [-0.05, 0) is 56.9 Å². The molecule has 90 valence electrons. The minimum Gasteiger partial charge on any atom is -0.321 e. The lowest BCUT2D eigenvalue weighted by Crippen LogP contribution is -2.17. The Bertz CT molecular complexity index is 426. The van der Waals surface area contributed by atoms with Gasteiger partial charge in [-0.3, -0.25) is 4.57 Å². The van der Waals surface area contributed by atoms with Gasteiger partial charge in [0.1, 0.15) is 0 Å². The highest BCUT2D eigenvalue weighted by atomic mass is 31.2. The Morgan fingerprint density at radius 3 is 2.00 bits per heavy atom. The van der Waals surface area contributed by atoms with Gasteiger partial charge in [0.15, 0.2) is 0 Å². The van der Waals surface area contributed by atoms with Gasteiger partial charge in [-0.2, -0.15) is 0 Å². The molecule has 1 unspecified atom stereocenters. The van der Waals surface area contributed by atoms with Crippen LogP contribution in [0.5, 0.6) is 0 Å². The fourth-order valence-corrected chi connectivity index (χ4v) is 3.54. The highest BCUT2D eigenvalue weighted by Gasteiger charge is 2.27. The highest BCUT2D eigenvalue weighted by Crippen LogP contribution is 2.43. The van der Waals surface area contributed by atoms with Crippen LogP contribution in [0.4, 0.5) is 0 Å². The minimum atomic E-state index is -3.67. The van der Waals surface area contributed by atoms with Crippen LogP contribution >= 0.6 is 7.60 Å². The van der Waals surface area contributed by atoms with Crippen LogP contribution in [0.25, 0.3) is 0 Å². The van der Waals surface area contributed by atoms with Gasteiger partial charge in [0.2, 0.25) is 0 Å². The molecule has 0 saturated carbocycles. The molecular weight excluding hydrogens is 223 g/mol. The predicted octanol–water partition coefficient (Wildman–Crippen LogP) is 2.77. The van der Waals surface area contributed by atoms with E-state index in [9.17, 15) is 9.46 Å². The molecule has 1 aromatic carbocycles. The lowest BCUT2D eigenvalue weighted by Gasteiger charge is -2.19. The van der Waals surface area contributed by atoms with E-state index in [1.54, 1.807) is 6.92 Å². The van der Waals surface area contributed by atoms with Crippen LogP contribution in [-0.4, -0.2) is 11.5 Å². The lowest BCUT2D eigenvalue weighted by molar-refractivity contribution is 0.284. The molecule has 0 amide bonds. The van der Waals surface area contributed by atoms with Gasteiger partial charge in [0.25, 0.3) is 0 Å². The van der Waals surface area contributed by atoms with Crippen molar-refractivity contribution in [1.82, 2.24) is 0 Å². The molecular formula is C12H19O3P. The molecule has 1 N–H and O–H groups in total. The molecule has 0 fully saturated rings. The molecule has 4 heteroatoms. The van der Waals surface area contributed by atoms with Crippen molar-refractivity contribution in [2.75, 3.05) is 6.61 Å². The second-order valence-electron chi connectivity index (χ2n) is 4.05. The van der Waals surface area contributed by atoms with Crippen molar-refractivity contribution in [2.45, 2.75) is 34.6 Å². The van der Waals surface area contributed by atoms with Crippen LogP contribution in [0.15, 0.2) is 6.07 Å². The van der Waals surface area contributed by atoms with Gasteiger partial charge in [-0.25, -0.2) is 0 Å². The van der Waals surface area contributed by atoms with Crippen LogP contribution in [0.3, 0.4) is 0 Å². The fraction of sp³-hybridized carbons (Fsp3) is 0.500. The van der Waals surface area contributed by atoms with E-state index in [-0.39, 0.29) is 6.61 Å². The molecule has 0 radical (unpaired) electrons. The van der Waals surface area contributed by atoms with E-state index in [1.807, 2.05) is 33.8 Å². The Labute approximate surface area is 97.0 Å². The third kappa shape index (κ3) is 2.37. The maximum absolute atomic E-state index is 12.1. The molecule has 0 saturated heterocycles. The topological polar surface area (TPSA) is 46.5 Å². The summed E-state index contributed by atoms with van der Waals surface area (Å²) in [6.07, 6.45) is 0. The van der Waals surface area contributed by atoms with Crippen LogP contribution in [0, 0.1) is 27.7 Å². The van der Waals surface area contributed by atoms with Crippen molar-refractivity contribution in [1.29, 1.82) is 0 Å². The summed E-state index contributed by atoms with van der Waals surface area (Å²) in [5, 5.41) is 0.465. The number of benzene rings is 1. The summed E-state index contributed by atoms with van der Waals surface area (Å²) in [5.41, 5.74) is 3.74. The molecule has 0 aliphatic rings. The molecule has 0 bridgehead atoms. The van der Waals surface area contributed by atoms with Gasteiger partial charge in [-0.1, -0.05) is 6.07 Å². The third-order valence-corrected chi connectivity index (χ3v) is 4.76. The Morgan fingerprint density at radius 2 is 1.62 bits per heavy atom. The molecule has 0 aliphatic heterocycles. The number of hydrogen-bond acceptors (Lipinski definition) is 2. The first-order chi connectivity index (χ1) is 7.31. The van der Waals surface area contributed by atoms with Crippen molar-refractivity contribution in [3.8, 4) is 0 Å². The van der Waals surface area contributed by atoms with E-state index >= 15 is 0 Å². The van der Waals surface area contributed by atoms with Gasteiger partial charge in [0, 0.05) is 0 Å². The summed E-state index contributed by atoms with van der Waals surface area (Å²) >= 11 is 0. The minimum absolute atomic E-state index is 0.236. The Balaban J connectivity index is 3.49. The van der Waals surface area contributed by atoms with Gasteiger partial charge >= 0.3 is 7.60 Å². The smallest absolute Gasteiger partial charge is 0.321 e. The van der Waals surface area contributed by atoms with Gasteiger partial charge in [0.05, 0.1) is 11.9 Å². The van der Waals surface area contributed by atoms with Crippen LogP contribution in [0.1, 0.15) is 29.2 Å².